The van der Waals surface area contributed by atoms with Gasteiger partial charge in [0.15, 0.2) is 11.5 Å². The van der Waals surface area contributed by atoms with Crippen LogP contribution in [0.1, 0.15) is 26.3 Å². The molecule has 1 aromatic rings. The van der Waals surface area contributed by atoms with Gasteiger partial charge in [-0.2, -0.15) is 0 Å². The highest BCUT2D eigenvalue weighted by molar-refractivity contribution is 5.43. The van der Waals surface area contributed by atoms with Crippen LogP contribution in [0.3, 0.4) is 0 Å². The molecule has 2 atom stereocenters. The van der Waals surface area contributed by atoms with Crippen molar-refractivity contribution >= 4 is 0 Å². The molecule has 0 fully saturated rings. The van der Waals surface area contributed by atoms with Gasteiger partial charge in [0.25, 0.3) is 0 Å². The minimum absolute atomic E-state index is 0.130. The van der Waals surface area contributed by atoms with Gasteiger partial charge in [-0.1, -0.05) is 19.9 Å². The molecule has 0 aliphatic rings. The van der Waals surface area contributed by atoms with Crippen LogP contribution >= 0.6 is 0 Å². The van der Waals surface area contributed by atoms with Crippen LogP contribution in [-0.4, -0.2) is 38.0 Å². The average Bonchev–Trinajstić information content (AvgIpc) is 2.44. The second-order valence-corrected chi connectivity index (χ2v) is 5.49. The molecule has 20 heavy (non-hydrogen) atoms. The number of ether oxygens (including phenoxy) is 2. The Morgan fingerprint density at radius 2 is 1.75 bits per heavy atom. The first-order valence-corrected chi connectivity index (χ1v) is 7.09. The molecule has 2 N–H and O–H groups in total. The molecule has 0 radical (unpaired) electrons. The van der Waals surface area contributed by atoms with E-state index < -0.39 is 0 Å². The second kappa shape index (κ2) is 8.12. The fourth-order valence-electron chi connectivity index (χ4n) is 2.24. The fraction of sp³-hybridized carbons (Fsp3) is 0.625. The summed E-state index contributed by atoms with van der Waals surface area (Å²) in [5.74, 6) is 1.90. The summed E-state index contributed by atoms with van der Waals surface area (Å²) < 4.78 is 10.5. The summed E-state index contributed by atoms with van der Waals surface area (Å²) in [4.78, 5) is 0. The van der Waals surface area contributed by atoms with Gasteiger partial charge in [0.1, 0.15) is 0 Å². The quantitative estimate of drug-likeness (QED) is 0.767. The molecule has 0 saturated carbocycles. The van der Waals surface area contributed by atoms with Crippen LogP contribution in [-0.2, 0) is 6.42 Å². The third-order valence-electron chi connectivity index (χ3n) is 3.49. The van der Waals surface area contributed by atoms with Gasteiger partial charge in [-0.15, -0.1) is 0 Å². The maximum atomic E-state index is 9.36. The van der Waals surface area contributed by atoms with E-state index in [0.717, 1.165) is 17.9 Å². The number of nitrogens with one attached hydrogen (secondary N) is 1. The first-order chi connectivity index (χ1) is 9.51. The number of benzene rings is 1. The SMILES string of the molecule is COc1ccc(CC(C)NC(CO)C(C)C)cc1OC. The van der Waals surface area contributed by atoms with E-state index in [2.05, 4.69) is 26.1 Å². The van der Waals surface area contributed by atoms with Gasteiger partial charge >= 0.3 is 0 Å². The summed E-state index contributed by atoms with van der Waals surface area (Å²) in [5, 5.41) is 12.8. The molecule has 0 spiro atoms. The van der Waals surface area contributed by atoms with Gasteiger partial charge in [-0.05, 0) is 37.0 Å². The smallest absolute Gasteiger partial charge is 0.160 e. The molecule has 1 aromatic carbocycles. The van der Waals surface area contributed by atoms with Gasteiger partial charge in [-0.25, -0.2) is 0 Å². The predicted octanol–water partition coefficient (Wildman–Crippen LogP) is 2.24. The van der Waals surface area contributed by atoms with E-state index in [1.165, 1.54) is 5.56 Å². The monoisotopic (exact) mass is 281 g/mol. The number of aliphatic hydroxyl groups is 1. The molecule has 0 aliphatic carbocycles. The molecule has 0 amide bonds. The number of aliphatic hydroxyl groups excluding tert-OH is 1. The van der Waals surface area contributed by atoms with E-state index in [4.69, 9.17) is 9.47 Å². The van der Waals surface area contributed by atoms with Gasteiger partial charge in [-0.3, -0.25) is 0 Å². The Kier molecular flexibility index (Phi) is 6.82. The zero-order valence-electron chi connectivity index (χ0n) is 13.1. The normalized spacial score (nSPS) is 14.2. The first-order valence-electron chi connectivity index (χ1n) is 7.09. The van der Waals surface area contributed by atoms with Gasteiger partial charge in [0, 0.05) is 12.1 Å². The van der Waals surface area contributed by atoms with Crippen molar-refractivity contribution < 1.29 is 14.6 Å². The number of rotatable bonds is 8. The summed E-state index contributed by atoms with van der Waals surface area (Å²) in [6.07, 6.45) is 0.879. The molecule has 0 saturated heterocycles. The highest BCUT2D eigenvalue weighted by atomic mass is 16.5. The van der Waals surface area contributed by atoms with Crippen LogP contribution in [0.25, 0.3) is 0 Å². The Bertz CT molecular complexity index is 407. The highest BCUT2D eigenvalue weighted by Gasteiger charge is 2.15. The first kappa shape index (κ1) is 16.8. The van der Waals surface area contributed by atoms with Crippen LogP contribution < -0.4 is 14.8 Å². The fourth-order valence-corrected chi connectivity index (χ4v) is 2.24. The lowest BCUT2D eigenvalue weighted by Gasteiger charge is -2.25. The Hall–Kier alpha value is -1.26. The van der Waals surface area contributed by atoms with Crippen LogP contribution in [0.2, 0.25) is 0 Å². The summed E-state index contributed by atoms with van der Waals surface area (Å²) in [7, 11) is 3.28. The standard InChI is InChI=1S/C16H27NO3/c1-11(2)14(10-18)17-12(3)8-13-6-7-15(19-4)16(9-13)20-5/h6-7,9,11-12,14,17-18H,8,10H2,1-5H3. The number of hydrogen-bond donors (Lipinski definition) is 2. The molecule has 2 unspecified atom stereocenters. The van der Waals surface area contributed by atoms with E-state index >= 15 is 0 Å². The predicted molar refractivity (Wildman–Crippen MR) is 81.6 cm³/mol. The van der Waals surface area contributed by atoms with Crippen LogP contribution in [0, 0.1) is 5.92 Å². The summed E-state index contributed by atoms with van der Waals surface area (Å²) in [5.41, 5.74) is 1.18. The Morgan fingerprint density at radius 1 is 1.10 bits per heavy atom. The molecule has 1 rings (SSSR count). The van der Waals surface area contributed by atoms with Crippen molar-refractivity contribution in [2.45, 2.75) is 39.3 Å². The molecule has 0 aromatic heterocycles. The van der Waals surface area contributed by atoms with Gasteiger partial charge in [0.05, 0.1) is 20.8 Å². The summed E-state index contributed by atoms with van der Waals surface area (Å²) >= 11 is 0. The van der Waals surface area contributed by atoms with Crippen LogP contribution in [0.5, 0.6) is 11.5 Å². The van der Waals surface area contributed by atoms with Crippen molar-refractivity contribution in [1.82, 2.24) is 5.32 Å². The molecule has 0 bridgehead atoms. The van der Waals surface area contributed by atoms with E-state index in [1.54, 1.807) is 14.2 Å². The van der Waals surface area contributed by atoms with Crippen molar-refractivity contribution in [1.29, 1.82) is 0 Å². The molecule has 4 nitrogen and oxygen atoms in total. The van der Waals surface area contributed by atoms with E-state index in [0.29, 0.717) is 5.92 Å². The minimum Gasteiger partial charge on any atom is -0.493 e. The van der Waals surface area contributed by atoms with Crippen molar-refractivity contribution in [2.24, 2.45) is 5.92 Å². The third kappa shape index (κ3) is 4.69. The molecule has 4 heteroatoms. The maximum absolute atomic E-state index is 9.36. The van der Waals surface area contributed by atoms with E-state index in [-0.39, 0.29) is 18.7 Å². The Labute approximate surface area is 122 Å². The van der Waals surface area contributed by atoms with Crippen LogP contribution in [0.4, 0.5) is 0 Å². The average molecular weight is 281 g/mol. The summed E-state index contributed by atoms with van der Waals surface area (Å²) in [6.45, 7) is 6.50. The van der Waals surface area contributed by atoms with E-state index in [9.17, 15) is 5.11 Å². The highest BCUT2D eigenvalue weighted by Crippen LogP contribution is 2.28. The molecule has 114 valence electrons. The van der Waals surface area contributed by atoms with Crippen molar-refractivity contribution in [2.75, 3.05) is 20.8 Å². The molecule has 0 aliphatic heterocycles. The maximum Gasteiger partial charge on any atom is 0.160 e. The summed E-state index contributed by atoms with van der Waals surface area (Å²) in [6, 6.07) is 6.38. The van der Waals surface area contributed by atoms with Crippen molar-refractivity contribution in [3.05, 3.63) is 23.8 Å². The topological polar surface area (TPSA) is 50.7 Å². The van der Waals surface area contributed by atoms with Gasteiger partial charge < -0.3 is 19.9 Å². The van der Waals surface area contributed by atoms with Crippen molar-refractivity contribution in [3.63, 3.8) is 0 Å². The lowest BCUT2D eigenvalue weighted by atomic mass is 10.0. The Morgan fingerprint density at radius 3 is 2.25 bits per heavy atom. The second-order valence-electron chi connectivity index (χ2n) is 5.49. The molecular weight excluding hydrogens is 254 g/mol. The van der Waals surface area contributed by atoms with Gasteiger partial charge in [0.2, 0.25) is 0 Å². The molecule has 0 heterocycles. The minimum atomic E-state index is 0.130. The number of methoxy groups -OCH3 is 2. The van der Waals surface area contributed by atoms with Crippen LogP contribution in [0.15, 0.2) is 18.2 Å². The number of hydrogen-bond acceptors (Lipinski definition) is 4. The zero-order chi connectivity index (χ0) is 15.1. The zero-order valence-corrected chi connectivity index (χ0v) is 13.1. The van der Waals surface area contributed by atoms with Crippen molar-refractivity contribution in [3.8, 4) is 11.5 Å². The van der Waals surface area contributed by atoms with E-state index in [1.807, 2.05) is 18.2 Å². The largest absolute Gasteiger partial charge is 0.493 e. The lowest BCUT2D eigenvalue weighted by molar-refractivity contribution is 0.201. The Balaban J connectivity index is 2.68. The third-order valence-corrected chi connectivity index (χ3v) is 3.49. The molecular formula is C16H27NO3. The lowest BCUT2D eigenvalue weighted by Crippen LogP contribution is -2.43.